The fraction of sp³-hybridized carbons (Fsp3) is 0.580. The number of aliphatic hydroxyl groups excluding tert-OH is 2. The van der Waals surface area contributed by atoms with Gasteiger partial charge in [0, 0.05) is 108 Å². The molecule has 11 N–H and O–H groups in total. The molecule has 24 heteroatoms. The standard InChI is InChI=1S/C17H22BrNO2.C17H25NO5S.C16H22BrNO3.C16H23NO3.C16H21NO2.C6H15N/c1-3-5-13-16-11(8-9-19-15(20)4-2)6-7-12(16)10-14(18)17(13)21;1-3-16(20)18-10-8-13-5-4-12-6-7-15(19)14(17(12)13)9-11-23-24(2,21)22;1-2-14(20)18-7-5-10-3-4-11-9-13(17)16(21)12(6-8-19)15(10)11;1-2-15(20)17-9-7-12-4-3-11-5-6-14(19)13(8-10-18)16(11)12;1-2-15(18)17-9-7-12-4-3-11-5-6-14-13(16(11)12)8-10-19-14;1-4-7(5-2)6-3/h3,10-11,21H,1,4-9H2,2H3,(H,19,20);6-7,13,19H,3-5,8-11H2,1-2H3,(H,18,20);9-10,19,21H,2-8H2,1H3,(H,18,20);5-6,12,18-19H,2-4,7-10H2,1H3,(H,17,20);5-6,12H,2-4,7-10H2,1H3,(H,17,18);4-6H2,1-3H3/t11-;13-;10-;2*12-;/m00000./s1. The number of rotatable bonds is 33. The van der Waals surface area contributed by atoms with E-state index >= 15 is 0 Å². The molecule has 0 spiro atoms. The van der Waals surface area contributed by atoms with Crippen LogP contribution in [0.5, 0.6) is 28.7 Å². The first-order chi connectivity index (χ1) is 53.8. The van der Waals surface area contributed by atoms with Crippen molar-refractivity contribution in [2.24, 2.45) is 0 Å². The largest absolute Gasteiger partial charge is 0.508 e. The lowest BCUT2D eigenvalue weighted by Gasteiger charge is -2.18. The van der Waals surface area contributed by atoms with Crippen molar-refractivity contribution >= 4 is 71.5 Å². The normalized spacial score (nSPS) is 16.9. The highest BCUT2D eigenvalue weighted by atomic mass is 79.9. The molecule has 112 heavy (non-hydrogen) atoms. The van der Waals surface area contributed by atoms with Crippen molar-refractivity contribution in [2.45, 2.75) is 245 Å². The highest BCUT2D eigenvalue weighted by molar-refractivity contribution is 9.11. The molecule has 5 aliphatic carbocycles. The Kier molecular flexibility index (Phi) is 40.5. The Morgan fingerprint density at radius 2 is 0.812 bits per heavy atom. The van der Waals surface area contributed by atoms with E-state index in [9.17, 15) is 63.0 Å². The van der Waals surface area contributed by atoms with Gasteiger partial charge < -0.3 is 66.9 Å². The zero-order valence-electron chi connectivity index (χ0n) is 67.9. The van der Waals surface area contributed by atoms with Crippen molar-refractivity contribution in [2.75, 3.05) is 85.0 Å². The maximum Gasteiger partial charge on any atom is 0.264 e. The quantitative estimate of drug-likeness (QED) is 0.0137. The van der Waals surface area contributed by atoms with Gasteiger partial charge >= 0.3 is 0 Å². The van der Waals surface area contributed by atoms with E-state index < -0.39 is 10.1 Å². The van der Waals surface area contributed by atoms with Crippen molar-refractivity contribution in [3.63, 3.8) is 0 Å². The summed E-state index contributed by atoms with van der Waals surface area (Å²) in [5.74, 6) is 4.54. The summed E-state index contributed by atoms with van der Waals surface area (Å²) in [4.78, 5) is 58.9. The molecule has 0 fully saturated rings. The first-order valence-electron chi connectivity index (χ1n) is 41.0. The van der Waals surface area contributed by atoms with Gasteiger partial charge in [-0.1, -0.05) is 79.7 Å². The summed E-state index contributed by atoms with van der Waals surface area (Å²) < 4.78 is 34.2. The zero-order chi connectivity index (χ0) is 82.0. The van der Waals surface area contributed by atoms with Crippen LogP contribution in [0.2, 0.25) is 0 Å². The first kappa shape index (κ1) is 93.8. The summed E-state index contributed by atoms with van der Waals surface area (Å²) >= 11 is 6.81. The molecule has 0 bridgehead atoms. The predicted octanol–water partition coefficient (Wildman–Crippen LogP) is 14.1. The number of fused-ring (bicyclic) bond motifs is 7. The van der Waals surface area contributed by atoms with E-state index in [1.807, 2.05) is 65.0 Å². The lowest BCUT2D eigenvalue weighted by molar-refractivity contribution is -0.121. The van der Waals surface area contributed by atoms with Gasteiger partial charge in [0.15, 0.2) is 0 Å². The van der Waals surface area contributed by atoms with E-state index in [-0.39, 0.29) is 72.5 Å². The molecule has 5 amide bonds. The van der Waals surface area contributed by atoms with Gasteiger partial charge in [0.25, 0.3) is 10.1 Å². The van der Waals surface area contributed by atoms with Gasteiger partial charge in [-0.05, 0) is 294 Å². The highest BCUT2D eigenvalue weighted by Gasteiger charge is 2.33. The summed E-state index contributed by atoms with van der Waals surface area (Å²) in [6.45, 7) is 27.5. The van der Waals surface area contributed by atoms with E-state index in [4.69, 9.17) is 8.92 Å². The third-order valence-electron chi connectivity index (χ3n) is 22.4. The molecule has 0 saturated heterocycles. The maximum atomic E-state index is 11.4. The second kappa shape index (κ2) is 48.3. The molecule has 0 unspecified atom stereocenters. The SMILES string of the molecule is C=CCc1c(O)c(Br)cc2c1[C@H](CCNC(=O)CC)CC2.CCC(=O)NCC[C@@H]1CCc2cc(Br)c(O)c(CCO)c21.CCC(=O)NCC[C@@H]1CCc2ccc(O)c(CCO)c21.CCC(=O)NCC[C@@H]1CCc2ccc(O)c(CCOS(C)(=O)=O)c21.CCC(=O)NCC[C@@H]1CCc2ccc3c(c21)CCO3.CCN(CC)CC. The number of hydrogen-bond donors (Lipinski definition) is 11. The topological polar surface area (TPSA) is 323 Å². The van der Waals surface area contributed by atoms with Crippen molar-refractivity contribution in [1.29, 1.82) is 0 Å². The molecule has 620 valence electrons. The molecule has 1 heterocycles. The van der Waals surface area contributed by atoms with Crippen LogP contribution in [0.1, 0.15) is 265 Å². The van der Waals surface area contributed by atoms with Crippen molar-refractivity contribution in [1.82, 2.24) is 31.5 Å². The number of ether oxygens (including phenoxy) is 1. The van der Waals surface area contributed by atoms with Crippen LogP contribution in [-0.2, 0) is 102 Å². The fourth-order valence-corrected chi connectivity index (χ4v) is 18.0. The van der Waals surface area contributed by atoms with Crippen molar-refractivity contribution < 1.29 is 71.9 Å². The van der Waals surface area contributed by atoms with Crippen molar-refractivity contribution in [3.05, 3.63) is 154 Å². The van der Waals surface area contributed by atoms with Crippen LogP contribution in [0.25, 0.3) is 0 Å². The number of benzene rings is 5. The maximum absolute atomic E-state index is 11.4. The molecule has 5 aromatic carbocycles. The lowest BCUT2D eigenvalue weighted by Crippen LogP contribution is -2.24. The van der Waals surface area contributed by atoms with Gasteiger partial charge in [0.2, 0.25) is 29.5 Å². The number of carbonyl (C=O) groups is 5. The zero-order valence-corrected chi connectivity index (χ0v) is 71.9. The number of carbonyl (C=O) groups excluding carboxylic acids is 5. The van der Waals surface area contributed by atoms with E-state index in [0.717, 1.165) is 147 Å². The number of nitrogens with zero attached hydrogens (tertiary/aromatic N) is 1. The monoisotopic (exact) mass is 1700 g/mol. The van der Waals surface area contributed by atoms with E-state index in [1.54, 1.807) is 12.1 Å². The second-order valence-electron chi connectivity index (χ2n) is 29.5. The van der Waals surface area contributed by atoms with Crippen LogP contribution in [0.3, 0.4) is 0 Å². The molecule has 5 atom stereocenters. The van der Waals surface area contributed by atoms with Crippen LogP contribution >= 0.6 is 31.9 Å². The second-order valence-corrected chi connectivity index (χ2v) is 32.8. The van der Waals surface area contributed by atoms with Gasteiger partial charge in [0.05, 0.1) is 28.4 Å². The number of phenols is 4. The van der Waals surface area contributed by atoms with E-state index in [0.29, 0.717) is 118 Å². The molecule has 11 rings (SSSR count). The van der Waals surface area contributed by atoms with Crippen LogP contribution in [0, 0.1) is 0 Å². The van der Waals surface area contributed by atoms with Crippen molar-refractivity contribution in [3.8, 4) is 28.7 Å². The number of hydrogen-bond acceptors (Lipinski definition) is 16. The average molecular weight is 1700 g/mol. The third-order valence-corrected chi connectivity index (χ3v) is 24.2. The molecule has 0 saturated carbocycles. The Hall–Kier alpha value is -7.06. The Balaban J connectivity index is 0.000000214. The van der Waals surface area contributed by atoms with Crippen LogP contribution < -0.4 is 31.3 Å². The van der Waals surface area contributed by atoms with E-state index in [2.05, 4.69) is 103 Å². The summed E-state index contributed by atoms with van der Waals surface area (Å²) in [6, 6.07) is 15.7. The third kappa shape index (κ3) is 27.6. The molecule has 0 radical (unpaired) electrons. The lowest BCUT2D eigenvalue weighted by atomic mass is 9.91. The molecule has 5 aromatic rings. The van der Waals surface area contributed by atoms with Crippen LogP contribution in [0.15, 0.2) is 70.1 Å². The number of amides is 5. The van der Waals surface area contributed by atoms with Gasteiger partial charge in [-0.15, -0.1) is 6.58 Å². The highest BCUT2D eigenvalue weighted by Crippen LogP contribution is 2.48. The fourth-order valence-electron chi connectivity index (χ4n) is 16.6. The first-order valence-corrected chi connectivity index (χ1v) is 44.4. The van der Waals surface area contributed by atoms with Crippen LogP contribution in [0.4, 0.5) is 0 Å². The van der Waals surface area contributed by atoms with Gasteiger partial charge in [-0.25, -0.2) is 0 Å². The number of allylic oxidation sites excluding steroid dienone is 1. The Morgan fingerprint density at radius 1 is 0.482 bits per heavy atom. The average Bonchev–Trinajstić information content (AvgIpc) is 1.61. The Bertz CT molecular complexity index is 4030. The molecule has 21 nitrogen and oxygen atoms in total. The van der Waals surface area contributed by atoms with Gasteiger partial charge in [-0.3, -0.25) is 28.2 Å². The number of aliphatic hydroxyl groups is 2. The minimum Gasteiger partial charge on any atom is -0.508 e. The van der Waals surface area contributed by atoms with Gasteiger partial charge in [-0.2, -0.15) is 8.42 Å². The number of halogens is 2. The Morgan fingerprint density at radius 3 is 1.17 bits per heavy atom. The van der Waals surface area contributed by atoms with Crippen LogP contribution in [-0.4, -0.2) is 159 Å². The minimum atomic E-state index is -3.49. The number of phenolic OH excluding ortho intramolecular Hbond substituents is 4. The van der Waals surface area contributed by atoms with Gasteiger partial charge in [0.1, 0.15) is 28.7 Å². The molecular formula is C88H128Br2N6O15S. The smallest absolute Gasteiger partial charge is 0.264 e. The predicted molar refractivity (Wildman–Crippen MR) is 452 cm³/mol. The minimum absolute atomic E-state index is 0.0160. The summed E-state index contributed by atoms with van der Waals surface area (Å²) in [6.07, 6.45) is 23.5. The summed E-state index contributed by atoms with van der Waals surface area (Å²) in [5.41, 5.74) is 17.7. The van der Waals surface area contributed by atoms with E-state index in [1.165, 1.54) is 88.1 Å². The summed E-state index contributed by atoms with van der Waals surface area (Å²) in [7, 11) is -3.49. The molecule has 0 aromatic heterocycles. The Labute approximate surface area is 683 Å². The molecular weight excluding hydrogens is 1570 g/mol. The number of aromatic hydroxyl groups is 4. The number of aryl methyl sites for hydroxylation is 5. The molecule has 1 aliphatic heterocycles. The summed E-state index contributed by atoms with van der Waals surface area (Å²) in [5, 5.41) is 73.8. The molecule has 6 aliphatic rings. The number of nitrogens with one attached hydrogen (secondary N) is 5.